The normalized spacial score (nSPS) is 18.8. The molecule has 112 valence electrons. The van der Waals surface area contributed by atoms with Crippen molar-refractivity contribution in [2.45, 2.75) is 31.7 Å². The lowest BCUT2D eigenvalue weighted by Crippen LogP contribution is -2.35. The van der Waals surface area contributed by atoms with Crippen LogP contribution in [-0.4, -0.2) is 32.8 Å². The van der Waals surface area contributed by atoms with E-state index in [9.17, 15) is 0 Å². The largest absolute Gasteiger partial charge is 0.320 e. The fourth-order valence-corrected chi connectivity index (χ4v) is 3.60. The van der Waals surface area contributed by atoms with Crippen LogP contribution in [0.25, 0.3) is 0 Å². The zero-order valence-corrected chi connectivity index (χ0v) is 14.1. The highest BCUT2D eigenvalue weighted by Gasteiger charge is 2.26. The molecule has 0 amide bonds. The summed E-state index contributed by atoms with van der Waals surface area (Å²) in [5.74, 6) is 1.67. The summed E-state index contributed by atoms with van der Waals surface area (Å²) < 4.78 is 3.21. The van der Waals surface area contributed by atoms with E-state index in [0.717, 1.165) is 36.2 Å². The molecule has 5 heteroatoms. The Labute approximate surface area is 134 Å². The second-order valence-corrected chi connectivity index (χ2v) is 6.76. The predicted octanol–water partition coefficient (Wildman–Crippen LogP) is 3.52. The van der Waals surface area contributed by atoms with Gasteiger partial charge in [-0.25, -0.2) is 0 Å². The monoisotopic (exact) mass is 348 g/mol. The van der Waals surface area contributed by atoms with Gasteiger partial charge in [0.1, 0.15) is 12.2 Å². The molecule has 2 heterocycles. The molecule has 1 aromatic carbocycles. The molecular formula is C16H21BrN4. The molecule has 21 heavy (non-hydrogen) atoms. The van der Waals surface area contributed by atoms with Crippen LogP contribution in [0.15, 0.2) is 35.1 Å². The van der Waals surface area contributed by atoms with Crippen LogP contribution in [0.1, 0.15) is 43.1 Å². The van der Waals surface area contributed by atoms with Crippen LogP contribution in [0.3, 0.4) is 0 Å². The van der Waals surface area contributed by atoms with Crippen molar-refractivity contribution in [1.82, 2.24) is 19.7 Å². The van der Waals surface area contributed by atoms with Gasteiger partial charge in [-0.05, 0) is 50.6 Å². The first-order valence-electron chi connectivity index (χ1n) is 7.48. The molecule has 1 aliphatic heterocycles. The minimum atomic E-state index is 0.461. The van der Waals surface area contributed by atoms with E-state index in [1.54, 1.807) is 6.33 Å². The van der Waals surface area contributed by atoms with E-state index in [-0.39, 0.29) is 0 Å². The third kappa shape index (κ3) is 3.19. The molecule has 1 saturated heterocycles. The van der Waals surface area contributed by atoms with Crippen molar-refractivity contribution in [2.75, 3.05) is 13.1 Å². The molecule has 3 rings (SSSR count). The van der Waals surface area contributed by atoms with Gasteiger partial charge in [-0.15, -0.1) is 10.2 Å². The molecule has 1 aromatic heterocycles. The topological polar surface area (TPSA) is 34.0 Å². The lowest BCUT2D eigenvalue weighted by molar-refractivity contribution is 0.159. The summed E-state index contributed by atoms with van der Waals surface area (Å²) in [6.07, 6.45) is 4.11. The lowest BCUT2D eigenvalue weighted by atomic mass is 9.94. The molecule has 4 nitrogen and oxygen atoms in total. The zero-order chi connectivity index (χ0) is 14.8. The van der Waals surface area contributed by atoms with E-state index in [1.807, 2.05) is 7.05 Å². The molecular weight excluding hydrogens is 328 g/mol. The van der Waals surface area contributed by atoms with Gasteiger partial charge in [0, 0.05) is 23.5 Å². The fourth-order valence-electron chi connectivity index (χ4n) is 3.18. The smallest absolute Gasteiger partial charge is 0.135 e. The molecule has 0 aliphatic carbocycles. The van der Waals surface area contributed by atoms with E-state index >= 15 is 0 Å². The van der Waals surface area contributed by atoms with Crippen LogP contribution in [0, 0.1) is 0 Å². The molecule has 0 N–H and O–H groups in total. The Kier molecular flexibility index (Phi) is 4.40. The third-order valence-corrected chi connectivity index (χ3v) is 5.01. The summed E-state index contributed by atoms with van der Waals surface area (Å²) in [4.78, 5) is 2.56. The Morgan fingerprint density at radius 3 is 2.67 bits per heavy atom. The number of hydrogen-bond donors (Lipinski definition) is 0. The summed E-state index contributed by atoms with van der Waals surface area (Å²) >= 11 is 3.56. The highest BCUT2D eigenvalue weighted by molar-refractivity contribution is 9.10. The Morgan fingerprint density at radius 1 is 1.29 bits per heavy atom. The van der Waals surface area contributed by atoms with Gasteiger partial charge in [-0.3, -0.25) is 4.90 Å². The first kappa shape index (κ1) is 14.7. The molecule has 0 bridgehead atoms. The van der Waals surface area contributed by atoms with Crippen LogP contribution in [0.4, 0.5) is 0 Å². The first-order chi connectivity index (χ1) is 10.1. The molecule has 1 aliphatic rings. The molecule has 0 unspecified atom stereocenters. The standard InChI is InChI=1S/C16H21BrN4/c1-12(14-4-3-5-15(17)10-14)21-8-6-13(7-9-21)16-19-18-11-20(16)2/h3-5,10-13H,6-9H2,1-2H3/t12-/m0/s1. The Hall–Kier alpha value is -1.20. The van der Waals surface area contributed by atoms with Gasteiger partial charge < -0.3 is 4.57 Å². The summed E-state index contributed by atoms with van der Waals surface area (Å²) in [5, 5.41) is 8.27. The average Bonchev–Trinajstić information content (AvgIpc) is 2.93. The number of benzene rings is 1. The van der Waals surface area contributed by atoms with Crippen molar-refractivity contribution in [3.05, 3.63) is 46.5 Å². The summed E-state index contributed by atoms with van der Waals surface area (Å²) in [6, 6.07) is 9.09. The summed E-state index contributed by atoms with van der Waals surface area (Å²) in [6.45, 7) is 4.53. The van der Waals surface area contributed by atoms with E-state index in [1.165, 1.54) is 5.56 Å². The number of likely N-dealkylation sites (tertiary alicyclic amines) is 1. The molecule has 2 aromatic rings. The minimum Gasteiger partial charge on any atom is -0.320 e. The number of aromatic nitrogens is 3. The van der Waals surface area contributed by atoms with Crippen LogP contribution >= 0.6 is 15.9 Å². The number of aryl methyl sites for hydroxylation is 1. The van der Waals surface area contributed by atoms with Gasteiger partial charge in [0.25, 0.3) is 0 Å². The maximum absolute atomic E-state index is 4.27. The van der Waals surface area contributed by atoms with Crippen LogP contribution in [-0.2, 0) is 7.05 Å². The van der Waals surface area contributed by atoms with Crippen molar-refractivity contribution in [1.29, 1.82) is 0 Å². The van der Waals surface area contributed by atoms with Gasteiger partial charge in [0.2, 0.25) is 0 Å². The fraction of sp³-hybridized carbons (Fsp3) is 0.500. The van der Waals surface area contributed by atoms with E-state index in [4.69, 9.17) is 0 Å². The van der Waals surface area contributed by atoms with Crippen molar-refractivity contribution in [2.24, 2.45) is 7.05 Å². The van der Waals surface area contributed by atoms with Crippen molar-refractivity contribution >= 4 is 15.9 Å². The van der Waals surface area contributed by atoms with Gasteiger partial charge in [-0.2, -0.15) is 0 Å². The number of piperidine rings is 1. The van der Waals surface area contributed by atoms with Crippen molar-refractivity contribution in [3.8, 4) is 0 Å². The quantitative estimate of drug-likeness (QED) is 0.850. The van der Waals surface area contributed by atoms with Gasteiger partial charge in [-0.1, -0.05) is 28.1 Å². The maximum atomic E-state index is 4.27. The molecule has 1 atom stereocenters. The van der Waals surface area contributed by atoms with Crippen LogP contribution in [0.5, 0.6) is 0 Å². The molecule has 0 radical (unpaired) electrons. The maximum Gasteiger partial charge on any atom is 0.135 e. The average molecular weight is 349 g/mol. The second-order valence-electron chi connectivity index (χ2n) is 5.84. The van der Waals surface area contributed by atoms with E-state index < -0.39 is 0 Å². The molecule has 0 spiro atoms. The van der Waals surface area contributed by atoms with Gasteiger partial charge in [0.15, 0.2) is 0 Å². The summed E-state index contributed by atoms with van der Waals surface area (Å²) in [5.41, 5.74) is 1.38. The zero-order valence-electron chi connectivity index (χ0n) is 12.5. The Bertz CT molecular complexity index is 602. The minimum absolute atomic E-state index is 0.461. The Morgan fingerprint density at radius 2 is 2.05 bits per heavy atom. The number of rotatable bonds is 3. The molecule has 0 saturated carbocycles. The lowest BCUT2D eigenvalue weighted by Gasteiger charge is -2.35. The highest BCUT2D eigenvalue weighted by atomic mass is 79.9. The first-order valence-corrected chi connectivity index (χ1v) is 8.28. The van der Waals surface area contributed by atoms with Crippen LogP contribution in [0.2, 0.25) is 0 Å². The van der Waals surface area contributed by atoms with E-state index in [0.29, 0.717) is 12.0 Å². The second kappa shape index (κ2) is 6.28. The number of halogens is 1. The van der Waals surface area contributed by atoms with Crippen LogP contribution < -0.4 is 0 Å². The van der Waals surface area contributed by atoms with Gasteiger partial charge >= 0.3 is 0 Å². The third-order valence-electron chi connectivity index (χ3n) is 4.52. The van der Waals surface area contributed by atoms with Crippen molar-refractivity contribution < 1.29 is 0 Å². The Balaban J connectivity index is 1.64. The SMILES string of the molecule is C[C@@H](c1cccc(Br)c1)N1CCC(c2nncn2C)CC1. The molecule has 1 fully saturated rings. The van der Waals surface area contributed by atoms with Gasteiger partial charge in [0.05, 0.1) is 0 Å². The van der Waals surface area contributed by atoms with Crippen molar-refractivity contribution in [3.63, 3.8) is 0 Å². The number of nitrogens with zero attached hydrogens (tertiary/aromatic N) is 4. The summed E-state index contributed by atoms with van der Waals surface area (Å²) in [7, 11) is 2.03. The number of hydrogen-bond acceptors (Lipinski definition) is 3. The van der Waals surface area contributed by atoms with E-state index in [2.05, 4.69) is 66.8 Å². The predicted molar refractivity (Wildman–Crippen MR) is 87.1 cm³/mol. The highest BCUT2D eigenvalue weighted by Crippen LogP contribution is 2.31.